The first-order valence-corrected chi connectivity index (χ1v) is 8.49. The van der Waals surface area contributed by atoms with Crippen LogP contribution in [0.5, 0.6) is 0 Å². The van der Waals surface area contributed by atoms with Crippen molar-refractivity contribution in [2.75, 3.05) is 13.2 Å². The quantitative estimate of drug-likeness (QED) is 0.717. The highest BCUT2D eigenvalue weighted by atomic mass is 16.3. The summed E-state index contributed by atoms with van der Waals surface area (Å²) in [6, 6.07) is 10.4. The topological polar surface area (TPSA) is 59.1 Å². The van der Waals surface area contributed by atoms with Crippen molar-refractivity contribution >= 4 is 0 Å². The van der Waals surface area contributed by atoms with Crippen LogP contribution in [0.2, 0.25) is 0 Å². The fourth-order valence-corrected chi connectivity index (χ4v) is 3.07. The molecular weight excluding hydrogens is 314 g/mol. The Hall–Kier alpha value is -2.44. The maximum atomic E-state index is 9.46. The molecule has 6 nitrogen and oxygen atoms in total. The number of rotatable bonds is 7. The summed E-state index contributed by atoms with van der Waals surface area (Å²) in [5.41, 5.74) is 4.38. The van der Waals surface area contributed by atoms with Gasteiger partial charge in [-0.05, 0) is 31.5 Å². The smallest absolute Gasteiger partial charge is 0.122 e. The van der Waals surface area contributed by atoms with E-state index in [1.807, 2.05) is 41.5 Å². The first-order valence-electron chi connectivity index (χ1n) is 8.49. The van der Waals surface area contributed by atoms with Gasteiger partial charge < -0.3 is 9.67 Å². The fraction of sp³-hybridized carbons (Fsp3) is 0.368. The lowest BCUT2D eigenvalue weighted by Crippen LogP contribution is -2.28. The van der Waals surface area contributed by atoms with Crippen molar-refractivity contribution in [1.82, 2.24) is 24.2 Å². The second kappa shape index (κ2) is 7.63. The number of nitrogens with zero attached hydrogens (tertiary/aromatic N) is 5. The Morgan fingerprint density at radius 2 is 1.96 bits per heavy atom. The van der Waals surface area contributed by atoms with Crippen molar-refractivity contribution in [2.45, 2.75) is 26.9 Å². The normalized spacial score (nSPS) is 11.4. The number of aliphatic hydroxyl groups is 1. The average Bonchev–Trinajstić information content (AvgIpc) is 3.13. The standard InChI is InChI=1S/C19H25N5O/c1-15-12-16(2)24(21-15)18-7-5-4-6-17(18)13-23(10-11-25)14-19-20-8-9-22(19)3/h4-9,12,25H,10-11,13-14H2,1-3H3. The fourth-order valence-electron chi connectivity index (χ4n) is 3.07. The monoisotopic (exact) mass is 339 g/mol. The van der Waals surface area contributed by atoms with Crippen LogP contribution in [0.3, 0.4) is 0 Å². The predicted octanol–water partition coefficient (Wildman–Crippen LogP) is 2.22. The summed E-state index contributed by atoms with van der Waals surface area (Å²) in [6.07, 6.45) is 3.74. The SMILES string of the molecule is Cc1cc(C)n(-c2ccccc2CN(CCO)Cc2nccn2C)n1. The number of hydrogen-bond donors (Lipinski definition) is 1. The van der Waals surface area contributed by atoms with E-state index in [2.05, 4.69) is 40.1 Å². The van der Waals surface area contributed by atoms with Gasteiger partial charge in [0.25, 0.3) is 0 Å². The van der Waals surface area contributed by atoms with Gasteiger partial charge in [0, 0.05) is 38.2 Å². The van der Waals surface area contributed by atoms with Crippen molar-refractivity contribution in [1.29, 1.82) is 0 Å². The van der Waals surface area contributed by atoms with Crippen LogP contribution in [0.4, 0.5) is 0 Å². The number of hydrogen-bond acceptors (Lipinski definition) is 4. The summed E-state index contributed by atoms with van der Waals surface area (Å²) in [6.45, 7) is 6.20. The number of aromatic nitrogens is 4. The number of benzene rings is 1. The second-order valence-electron chi connectivity index (χ2n) is 6.36. The van der Waals surface area contributed by atoms with Crippen LogP contribution in [0.1, 0.15) is 22.8 Å². The highest BCUT2D eigenvalue weighted by molar-refractivity contribution is 5.41. The number of para-hydroxylation sites is 1. The van der Waals surface area contributed by atoms with E-state index in [0.717, 1.165) is 29.4 Å². The van der Waals surface area contributed by atoms with Gasteiger partial charge in [0.1, 0.15) is 5.82 Å². The van der Waals surface area contributed by atoms with Crippen LogP contribution in [0, 0.1) is 13.8 Å². The Balaban J connectivity index is 1.87. The molecule has 0 unspecified atom stereocenters. The molecule has 3 rings (SSSR count). The van der Waals surface area contributed by atoms with Gasteiger partial charge in [-0.25, -0.2) is 9.67 Å². The molecule has 2 heterocycles. The molecule has 1 aromatic carbocycles. The van der Waals surface area contributed by atoms with Crippen LogP contribution < -0.4 is 0 Å². The van der Waals surface area contributed by atoms with Crippen molar-refractivity contribution < 1.29 is 5.11 Å². The lowest BCUT2D eigenvalue weighted by atomic mass is 10.1. The summed E-state index contributed by atoms with van der Waals surface area (Å²) >= 11 is 0. The minimum absolute atomic E-state index is 0.118. The van der Waals surface area contributed by atoms with Crippen LogP contribution >= 0.6 is 0 Å². The molecule has 0 radical (unpaired) electrons. The second-order valence-corrected chi connectivity index (χ2v) is 6.36. The van der Waals surface area contributed by atoms with E-state index in [4.69, 9.17) is 0 Å². The summed E-state index contributed by atoms with van der Waals surface area (Å²) in [7, 11) is 1.99. The molecule has 25 heavy (non-hydrogen) atoms. The molecule has 0 saturated carbocycles. The van der Waals surface area contributed by atoms with Gasteiger partial charge >= 0.3 is 0 Å². The predicted molar refractivity (Wildman–Crippen MR) is 97.4 cm³/mol. The third kappa shape index (κ3) is 3.97. The molecule has 132 valence electrons. The largest absolute Gasteiger partial charge is 0.395 e. The van der Waals surface area contributed by atoms with E-state index >= 15 is 0 Å². The Morgan fingerprint density at radius 1 is 1.16 bits per heavy atom. The Bertz CT molecular complexity index is 836. The molecular formula is C19H25N5O. The zero-order valence-corrected chi connectivity index (χ0v) is 15.1. The molecule has 0 aliphatic heterocycles. The van der Waals surface area contributed by atoms with Crippen LogP contribution in [-0.2, 0) is 20.1 Å². The summed E-state index contributed by atoms with van der Waals surface area (Å²) in [5.74, 6) is 0.983. The molecule has 6 heteroatoms. The van der Waals surface area contributed by atoms with Gasteiger partial charge in [-0.3, -0.25) is 4.90 Å². The molecule has 0 fully saturated rings. The van der Waals surface area contributed by atoms with Crippen LogP contribution in [-0.4, -0.2) is 42.5 Å². The number of imidazole rings is 1. The van der Waals surface area contributed by atoms with E-state index in [0.29, 0.717) is 13.1 Å². The maximum Gasteiger partial charge on any atom is 0.122 e. The minimum atomic E-state index is 0.118. The first kappa shape index (κ1) is 17.4. The Morgan fingerprint density at radius 3 is 2.60 bits per heavy atom. The van der Waals surface area contributed by atoms with Gasteiger partial charge in [0.15, 0.2) is 0 Å². The van der Waals surface area contributed by atoms with Crippen LogP contribution in [0.25, 0.3) is 5.69 Å². The molecule has 0 saturated heterocycles. The summed E-state index contributed by atoms with van der Waals surface area (Å²) < 4.78 is 4.00. The van der Waals surface area contributed by atoms with Gasteiger partial charge in [-0.15, -0.1) is 0 Å². The third-order valence-electron chi connectivity index (χ3n) is 4.33. The molecule has 0 bridgehead atoms. The van der Waals surface area contributed by atoms with E-state index < -0.39 is 0 Å². The average molecular weight is 339 g/mol. The molecule has 0 aliphatic carbocycles. The van der Waals surface area contributed by atoms with Crippen LogP contribution in [0.15, 0.2) is 42.7 Å². The van der Waals surface area contributed by atoms with E-state index in [-0.39, 0.29) is 6.61 Å². The van der Waals surface area contributed by atoms with Crippen molar-refractivity contribution in [3.8, 4) is 5.69 Å². The van der Waals surface area contributed by atoms with E-state index in [9.17, 15) is 5.11 Å². The molecule has 0 atom stereocenters. The highest BCUT2D eigenvalue weighted by Crippen LogP contribution is 2.19. The molecule has 0 spiro atoms. The molecule has 3 aromatic rings. The molecule has 2 aromatic heterocycles. The lowest BCUT2D eigenvalue weighted by molar-refractivity contribution is 0.180. The molecule has 0 amide bonds. The van der Waals surface area contributed by atoms with Gasteiger partial charge in [0.2, 0.25) is 0 Å². The van der Waals surface area contributed by atoms with Crippen molar-refractivity contribution in [3.63, 3.8) is 0 Å². The van der Waals surface area contributed by atoms with Gasteiger partial charge in [-0.1, -0.05) is 18.2 Å². The molecule has 1 N–H and O–H groups in total. The summed E-state index contributed by atoms with van der Waals surface area (Å²) in [4.78, 5) is 6.60. The Labute approximate surface area is 148 Å². The van der Waals surface area contributed by atoms with E-state index in [1.54, 1.807) is 6.20 Å². The first-order chi connectivity index (χ1) is 12.1. The third-order valence-corrected chi connectivity index (χ3v) is 4.33. The molecule has 0 aliphatic rings. The number of aliphatic hydroxyl groups excluding tert-OH is 1. The zero-order chi connectivity index (χ0) is 17.8. The highest BCUT2D eigenvalue weighted by Gasteiger charge is 2.14. The van der Waals surface area contributed by atoms with Gasteiger partial charge in [0.05, 0.1) is 24.5 Å². The Kier molecular flexibility index (Phi) is 5.31. The summed E-state index contributed by atoms with van der Waals surface area (Å²) in [5, 5.41) is 14.1. The van der Waals surface area contributed by atoms with Gasteiger partial charge in [-0.2, -0.15) is 5.10 Å². The number of aryl methyl sites for hydroxylation is 3. The maximum absolute atomic E-state index is 9.46. The lowest BCUT2D eigenvalue weighted by Gasteiger charge is -2.22. The minimum Gasteiger partial charge on any atom is -0.395 e. The van der Waals surface area contributed by atoms with E-state index in [1.165, 1.54) is 5.56 Å². The van der Waals surface area contributed by atoms with Crippen molar-refractivity contribution in [2.24, 2.45) is 7.05 Å². The zero-order valence-electron chi connectivity index (χ0n) is 15.1. The van der Waals surface area contributed by atoms with Crippen molar-refractivity contribution in [3.05, 3.63) is 65.5 Å².